The lowest BCUT2D eigenvalue weighted by Gasteiger charge is -2.20. The molecule has 292 valence electrons. The molecule has 0 aliphatic carbocycles. The van der Waals surface area contributed by atoms with Crippen LogP contribution in [0.25, 0.3) is 0 Å². The van der Waals surface area contributed by atoms with Crippen molar-refractivity contribution >= 4 is 13.8 Å². The van der Waals surface area contributed by atoms with E-state index in [1.54, 1.807) is 0 Å². The van der Waals surface area contributed by atoms with E-state index in [4.69, 9.17) is 24.3 Å². The molecule has 0 aromatic carbocycles. The molecule has 0 amide bonds. The summed E-state index contributed by atoms with van der Waals surface area (Å²) in [6, 6.07) is 0. The molecular formula is C40H80NO7P. The summed E-state index contributed by atoms with van der Waals surface area (Å²) in [7, 11) is -4.27. The minimum Gasteiger partial charge on any atom is -0.457 e. The summed E-state index contributed by atoms with van der Waals surface area (Å²) in [6.45, 7) is 4.93. The SMILES string of the molecule is CCCCCCCCC/C=C\CCCCCCCCOCC(COP(=O)(O)OCCN)OC(=O)CCCCCCCCCCCCCCC. The number of phosphoric acid groups is 1. The van der Waals surface area contributed by atoms with Crippen LogP contribution in [0, 0.1) is 0 Å². The summed E-state index contributed by atoms with van der Waals surface area (Å²) in [5, 5.41) is 0. The molecule has 0 heterocycles. The number of hydrogen-bond acceptors (Lipinski definition) is 7. The number of unbranched alkanes of at least 4 members (excludes halogenated alkanes) is 25. The van der Waals surface area contributed by atoms with Gasteiger partial charge in [-0.05, 0) is 38.5 Å². The van der Waals surface area contributed by atoms with Gasteiger partial charge >= 0.3 is 13.8 Å². The highest BCUT2D eigenvalue weighted by molar-refractivity contribution is 7.47. The molecular weight excluding hydrogens is 637 g/mol. The first-order chi connectivity index (χ1) is 23.9. The van der Waals surface area contributed by atoms with E-state index >= 15 is 0 Å². The number of allylic oxidation sites excluding steroid dienone is 2. The van der Waals surface area contributed by atoms with Crippen LogP contribution in [-0.2, 0) is 27.9 Å². The zero-order valence-corrected chi connectivity index (χ0v) is 33.1. The highest BCUT2D eigenvalue weighted by Gasteiger charge is 2.25. The van der Waals surface area contributed by atoms with Gasteiger partial charge in [0, 0.05) is 19.6 Å². The zero-order chi connectivity index (χ0) is 35.9. The number of esters is 1. The Bertz CT molecular complexity index is 767. The minimum atomic E-state index is -4.27. The van der Waals surface area contributed by atoms with Gasteiger partial charge in [-0.1, -0.05) is 167 Å². The van der Waals surface area contributed by atoms with E-state index in [0.29, 0.717) is 13.0 Å². The molecule has 0 radical (unpaired) electrons. The molecule has 2 unspecified atom stereocenters. The summed E-state index contributed by atoms with van der Waals surface area (Å²) < 4.78 is 33.4. The number of rotatable bonds is 40. The molecule has 3 N–H and O–H groups in total. The maximum atomic E-state index is 12.5. The predicted octanol–water partition coefficient (Wildman–Crippen LogP) is 11.9. The average molecular weight is 718 g/mol. The molecule has 0 aromatic rings. The molecule has 0 rings (SSSR count). The molecule has 2 atom stereocenters. The van der Waals surface area contributed by atoms with Gasteiger partial charge in [-0.15, -0.1) is 0 Å². The number of nitrogens with two attached hydrogens (primary N) is 1. The van der Waals surface area contributed by atoms with Crippen LogP contribution < -0.4 is 5.73 Å². The lowest BCUT2D eigenvalue weighted by atomic mass is 10.0. The van der Waals surface area contributed by atoms with Gasteiger partial charge in [0.25, 0.3) is 0 Å². The first-order valence-corrected chi connectivity index (χ1v) is 22.2. The predicted molar refractivity (Wildman–Crippen MR) is 206 cm³/mol. The largest absolute Gasteiger partial charge is 0.472 e. The molecule has 0 spiro atoms. The van der Waals surface area contributed by atoms with Crippen LogP contribution in [0.3, 0.4) is 0 Å². The van der Waals surface area contributed by atoms with Crippen LogP contribution in [0.1, 0.15) is 200 Å². The van der Waals surface area contributed by atoms with Crippen LogP contribution in [0.4, 0.5) is 0 Å². The third kappa shape index (κ3) is 38.3. The van der Waals surface area contributed by atoms with Gasteiger partial charge in [-0.25, -0.2) is 4.57 Å². The Morgan fingerprint density at radius 3 is 1.49 bits per heavy atom. The Morgan fingerprint density at radius 1 is 0.592 bits per heavy atom. The van der Waals surface area contributed by atoms with Gasteiger partial charge in [0.1, 0.15) is 6.10 Å². The van der Waals surface area contributed by atoms with Crippen molar-refractivity contribution in [2.45, 2.75) is 206 Å². The van der Waals surface area contributed by atoms with Crippen molar-refractivity contribution in [1.29, 1.82) is 0 Å². The van der Waals surface area contributed by atoms with Crippen LogP contribution >= 0.6 is 7.82 Å². The highest BCUT2D eigenvalue weighted by Crippen LogP contribution is 2.43. The van der Waals surface area contributed by atoms with E-state index in [-0.39, 0.29) is 32.3 Å². The third-order valence-corrected chi connectivity index (χ3v) is 9.92. The average Bonchev–Trinajstić information content (AvgIpc) is 3.09. The zero-order valence-electron chi connectivity index (χ0n) is 32.2. The summed E-state index contributed by atoms with van der Waals surface area (Å²) in [5.41, 5.74) is 5.36. The molecule has 9 heteroatoms. The Labute approximate surface area is 303 Å². The van der Waals surface area contributed by atoms with Crippen molar-refractivity contribution in [3.8, 4) is 0 Å². The topological polar surface area (TPSA) is 117 Å². The molecule has 0 aliphatic rings. The van der Waals surface area contributed by atoms with Gasteiger partial charge in [0.15, 0.2) is 0 Å². The monoisotopic (exact) mass is 718 g/mol. The summed E-state index contributed by atoms with van der Waals surface area (Å²) in [4.78, 5) is 22.4. The van der Waals surface area contributed by atoms with Gasteiger partial charge in [0.05, 0.1) is 19.8 Å². The number of ether oxygens (including phenoxy) is 2. The maximum absolute atomic E-state index is 12.5. The minimum absolute atomic E-state index is 0.0935. The molecule has 0 saturated heterocycles. The van der Waals surface area contributed by atoms with Crippen molar-refractivity contribution in [3.63, 3.8) is 0 Å². The van der Waals surface area contributed by atoms with Gasteiger partial charge < -0.3 is 20.1 Å². The van der Waals surface area contributed by atoms with Crippen molar-refractivity contribution in [2.75, 3.05) is 33.0 Å². The van der Waals surface area contributed by atoms with Gasteiger partial charge in [-0.2, -0.15) is 0 Å². The van der Waals surface area contributed by atoms with E-state index in [1.807, 2.05) is 0 Å². The van der Waals surface area contributed by atoms with Crippen LogP contribution in [0.15, 0.2) is 12.2 Å². The fraction of sp³-hybridized carbons (Fsp3) is 0.925. The standard InChI is InChI=1S/C40H80NO7P/c1-3-5-7-9-11-13-15-17-18-19-20-22-24-26-28-30-32-35-45-37-39(38-47-49(43,44)46-36-34-41)48-40(42)33-31-29-27-25-23-21-16-14-12-10-8-6-4-2/h18-19,39H,3-17,20-38,41H2,1-2H3,(H,43,44)/b19-18-. The van der Waals surface area contributed by atoms with E-state index in [2.05, 4.69) is 26.0 Å². The second-order valence-electron chi connectivity index (χ2n) is 13.9. The number of hydrogen-bond donors (Lipinski definition) is 2. The Morgan fingerprint density at radius 2 is 1.02 bits per heavy atom. The molecule has 0 fully saturated rings. The summed E-state index contributed by atoms with van der Waals surface area (Å²) >= 11 is 0. The Kier molecular flexibility index (Phi) is 37.9. The molecule has 8 nitrogen and oxygen atoms in total. The number of phosphoric ester groups is 1. The lowest BCUT2D eigenvalue weighted by molar-refractivity contribution is -0.154. The molecule has 0 aromatic heterocycles. The van der Waals surface area contributed by atoms with Gasteiger partial charge in [0.2, 0.25) is 0 Å². The first-order valence-electron chi connectivity index (χ1n) is 20.7. The molecule has 0 aliphatic heterocycles. The molecule has 0 saturated carbocycles. The second-order valence-corrected chi connectivity index (χ2v) is 15.3. The fourth-order valence-corrected chi connectivity index (χ4v) is 6.64. The maximum Gasteiger partial charge on any atom is 0.472 e. The van der Waals surface area contributed by atoms with Crippen molar-refractivity contribution in [3.05, 3.63) is 12.2 Å². The fourth-order valence-electron chi connectivity index (χ4n) is 5.87. The molecule has 0 bridgehead atoms. The lowest BCUT2D eigenvalue weighted by Crippen LogP contribution is -2.28. The van der Waals surface area contributed by atoms with Crippen molar-refractivity contribution in [1.82, 2.24) is 0 Å². The Balaban J connectivity index is 4.02. The van der Waals surface area contributed by atoms with Gasteiger partial charge in [-0.3, -0.25) is 13.8 Å². The van der Waals surface area contributed by atoms with E-state index in [0.717, 1.165) is 32.1 Å². The van der Waals surface area contributed by atoms with E-state index in [9.17, 15) is 14.3 Å². The highest BCUT2D eigenvalue weighted by atomic mass is 31.2. The summed E-state index contributed by atoms with van der Waals surface area (Å²) in [5.74, 6) is -0.330. The van der Waals surface area contributed by atoms with Crippen molar-refractivity contribution < 1.29 is 32.8 Å². The number of carbonyl (C=O) groups is 1. The van der Waals surface area contributed by atoms with Crippen LogP contribution in [0.5, 0.6) is 0 Å². The Hall–Kier alpha value is -0.760. The van der Waals surface area contributed by atoms with Crippen molar-refractivity contribution in [2.24, 2.45) is 5.73 Å². The number of carbonyl (C=O) groups excluding carboxylic acids is 1. The van der Waals surface area contributed by atoms with E-state index in [1.165, 1.54) is 148 Å². The second kappa shape index (κ2) is 38.5. The first kappa shape index (κ1) is 48.2. The third-order valence-electron chi connectivity index (χ3n) is 8.93. The normalized spacial score (nSPS) is 13.6. The smallest absolute Gasteiger partial charge is 0.457 e. The molecule has 49 heavy (non-hydrogen) atoms. The summed E-state index contributed by atoms with van der Waals surface area (Å²) in [6.07, 6.45) is 39.3. The van der Waals surface area contributed by atoms with Crippen LogP contribution in [0.2, 0.25) is 0 Å². The quantitative estimate of drug-likeness (QED) is 0.0278. The van der Waals surface area contributed by atoms with Crippen LogP contribution in [-0.4, -0.2) is 49.9 Å². The van der Waals surface area contributed by atoms with E-state index < -0.39 is 13.9 Å².